The smallest absolute Gasteiger partial charge is 0.302 e. The van der Waals surface area contributed by atoms with E-state index in [-0.39, 0.29) is 19.9 Å². The van der Waals surface area contributed by atoms with Gasteiger partial charge >= 0.3 is 11.9 Å². The number of esters is 2. The molecule has 112 valence electrons. The number of carbonyl (C=O) groups excluding carboxylic acids is 2. The van der Waals surface area contributed by atoms with Crippen LogP contribution in [-0.2, 0) is 19.1 Å². The summed E-state index contributed by atoms with van der Waals surface area (Å²) in [6.07, 6.45) is 7.92. The molecule has 0 aromatic heterocycles. The molecule has 0 rings (SSSR count). The SMILES string of the molecule is CCCCP(CCCOC(C)=O)CCCOC(C)=O. The Hall–Kier alpha value is -0.630. The monoisotopic (exact) mass is 290 g/mol. The highest BCUT2D eigenvalue weighted by Crippen LogP contribution is 2.37. The van der Waals surface area contributed by atoms with Gasteiger partial charge in [0.15, 0.2) is 0 Å². The van der Waals surface area contributed by atoms with Crippen LogP contribution in [0.2, 0.25) is 0 Å². The fourth-order valence-electron chi connectivity index (χ4n) is 1.73. The van der Waals surface area contributed by atoms with E-state index in [4.69, 9.17) is 9.47 Å². The van der Waals surface area contributed by atoms with Crippen LogP contribution in [0.4, 0.5) is 0 Å². The van der Waals surface area contributed by atoms with Crippen LogP contribution in [0.1, 0.15) is 46.5 Å². The lowest BCUT2D eigenvalue weighted by atomic mass is 10.4. The third kappa shape index (κ3) is 13.6. The average molecular weight is 290 g/mol. The fourth-order valence-corrected chi connectivity index (χ4v) is 4.31. The minimum absolute atomic E-state index is 0.0109. The Kier molecular flexibility index (Phi) is 12.0. The van der Waals surface area contributed by atoms with Crippen LogP contribution >= 0.6 is 7.92 Å². The zero-order chi connectivity index (χ0) is 14.5. The van der Waals surface area contributed by atoms with Gasteiger partial charge in [0.1, 0.15) is 0 Å². The van der Waals surface area contributed by atoms with Gasteiger partial charge in [-0.25, -0.2) is 0 Å². The van der Waals surface area contributed by atoms with E-state index in [2.05, 4.69) is 6.92 Å². The van der Waals surface area contributed by atoms with Gasteiger partial charge < -0.3 is 9.47 Å². The van der Waals surface area contributed by atoms with Crippen molar-refractivity contribution in [3.63, 3.8) is 0 Å². The number of hydrogen-bond acceptors (Lipinski definition) is 4. The maximum absolute atomic E-state index is 10.7. The van der Waals surface area contributed by atoms with E-state index in [1.807, 2.05) is 0 Å². The Balaban J connectivity index is 3.74. The van der Waals surface area contributed by atoms with Gasteiger partial charge in [0, 0.05) is 13.8 Å². The first-order valence-corrected chi connectivity index (χ1v) is 8.95. The van der Waals surface area contributed by atoms with Crippen LogP contribution < -0.4 is 0 Å². The van der Waals surface area contributed by atoms with Crippen LogP contribution in [0.5, 0.6) is 0 Å². The van der Waals surface area contributed by atoms with Crippen LogP contribution in [-0.4, -0.2) is 43.6 Å². The molecule has 0 saturated carbocycles. The molecule has 0 fully saturated rings. The van der Waals surface area contributed by atoms with E-state index >= 15 is 0 Å². The summed E-state index contributed by atoms with van der Waals surface area (Å²) in [7, 11) is -0.0109. The van der Waals surface area contributed by atoms with Gasteiger partial charge in [0.2, 0.25) is 0 Å². The van der Waals surface area contributed by atoms with Crippen molar-refractivity contribution in [2.24, 2.45) is 0 Å². The number of carbonyl (C=O) groups is 2. The predicted octanol–water partition coefficient (Wildman–Crippen LogP) is 3.17. The first-order valence-electron chi connectivity index (χ1n) is 7.05. The first kappa shape index (κ1) is 18.4. The van der Waals surface area contributed by atoms with Crippen LogP contribution in [0.15, 0.2) is 0 Å². The van der Waals surface area contributed by atoms with Crippen molar-refractivity contribution in [3.05, 3.63) is 0 Å². The summed E-state index contributed by atoms with van der Waals surface area (Å²) in [6, 6.07) is 0. The lowest BCUT2D eigenvalue weighted by molar-refractivity contribution is -0.141. The van der Waals surface area contributed by atoms with Gasteiger partial charge in [0.05, 0.1) is 13.2 Å². The lowest BCUT2D eigenvalue weighted by Gasteiger charge is -2.17. The molecule has 0 atom stereocenters. The molecule has 0 heterocycles. The van der Waals surface area contributed by atoms with Crippen molar-refractivity contribution in [1.82, 2.24) is 0 Å². The van der Waals surface area contributed by atoms with Crippen molar-refractivity contribution >= 4 is 19.9 Å². The van der Waals surface area contributed by atoms with E-state index in [0.717, 1.165) is 25.2 Å². The average Bonchev–Trinajstić information content (AvgIpc) is 2.34. The van der Waals surface area contributed by atoms with Crippen LogP contribution in [0.25, 0.3) is 0 Å². The Morgan fingerprint density at radius 1 is 0.842 bits per heavy atom. The minimum Gasteiger partial charge on any atom is -0.466 e. The second kappa shape index (κ2) is 12.4. The van der Waals surface area contributed by atoms with Crippen molar-refractivity contribution in [2.75, 3.05) is 31.7 Å². The summed E-state index contributed by atoms with van der Waals surface area (Å²) in [6.45, 7) is 6.15. The summed E-state index contributed by atoms with van der Waals surface area (Å²) in [4.78, 5) is 21.3. The molecule has 0 unspecified atom stereocenters. The molecule has 0 bridgehead atoms. The van der Waals surface area contributed by atoms with Crippen LogP contribution in [0.3, 0.4) is 0 Å². The molecule has 0 aromatic rings. The van der Waals surface area contributed by atoms with Crippen molar-refractivity contribution in [3.8, 4) is 0 Å². The van der Waals surface area contributed by atoms with Gasteiger partial charge in [-0.15, -0.1) is 7.92 Å². The predicted molar refractivity (Wildman–Crippen MR) is 78.9 cm³/mol. The molecule has 0 aromatic carbocycles. The maximum Gasteiger partial charge on any atom is 0.302 e. The molecule has 19 heavy (non-hydrogen) atoms. The van der Waals surface area contributed by atoms with Gasteiger partial charge in [0.25, 0.3) is 0 Å². The van der Waals surface area contributed by atoms with E-state index in [0.29, 0.717) is 13.2 Å². The number of ether oxygens (including phenoxy) is 2. The molecule has 0 aliphatic carbocycles. The summed E-state index contributed by atoms with van der Waals surface area (Å²) in [5, 5.41) is 0. The second-order valence-electron chi connectivity index (χ2n) is 4.58. The molecule has 0 saturated heterocycles. The van der Waals surface area contributed by atoms with E-state index in [9.17, 15) is 9.59 Å². The molecule has 0 spiro atoms. The Morgan fingerprint density at radius 3 is 1.63 bits per heavy atom. The molecule has 0 amide bonds. The summed E-state index contributed by atoms with van der Waals surface area (Å²) < 4.78 is 9.91. The third-order valence-electron chi connectivity index (χ3n) is 2.68. The molecule has 0 aliphatic rings. The summed E-state index contributed by atoms with van der Waals surface area (Å²) >= 11 is 0. The van der Waals surface area contributed by atoms with Gasteiger partial charge in [-0.1, -0.05) is 13.3 Å². The third-order valence-corrected chi connectivity index (χ3v) is 5.52. The van der Waals surface area contributed by atoms with Crippen LogP contribution in [0, 0.1) is 0 Å². The zero-order valence-electron chi connectivity index (χ0n) is 12.4. The molecular weight excluding hydrogens is 263 g/mol. The van der Waals surface area contributed by atoms with Crippen molar-refractivity contribution in [1.29, 1.82) is 0 Å². The molecule has 0 radical (unpaired) electrons. The van der Waals surface area contributed by atoms with Gasteiger partial charge in [-0.05, 0) is 37.7 Å². The van der Waals surface area contributed by atoms with Crippen molar-refractivity contribution in [2.45, 2.75) is 46.5 Å². The largest absolute Gasteiger partial charge is 0.466 e. The highest BCUT2D eigenvalue weighted by Gasteiger charge is 2.08. The fraction of sp³-hybridized carbons (Fsp3) is 0.857. The van der Waals surface area contributed by atoms with Gasteiger partial charge in [-0.3, -0.25) is 9.59 Å². The Morgan fingerprint density at radius 2 is 1.26 bits per heavy atom. The molecule has 0 aliphatic heterocycles. The molecular formula is C14H27O4P. The van der Waals surface area contributed by atoms with Gasteiger partial charge in [-0.2, -0.15) is 0 Å². The number of hydrogen-bond donors (Lipinski definition) is 0. The first-order chi connectivity index (χ1) is 9.06. The Bertz CT molecular complexity index is 234. The number of rotatable bonds is 11. The minimum atomic E-state index is -0.201. The highest BCUT2D eigenvalue weighted by molar-refractivity contribution is 7.57. The standard InChI is InChI=1S/C14H27O4P/c1-4-5-10-19(11-6-8-17-13(2)15)12-7-9-18-14(3)16/h4-12H2,1-3H3. The topological polar surface area (TPSA) is 52.6 Å². The van der Waals surface area contributed by atoms with E-state index < -0.39 is 0 Å². The van der Waals surface area contributed by atoms with Crippen molar-refractivity contribution < 1.29 is 19.1 Å². The number of unbranched alkanes of at least 4 members (excludes halogenated alkanes) is 1. The normalized spacial score (nSPS) is 10.5. The molecule has 0 N–H and O–H groups in total. The zero-order valence-corrected chi connectivity index (χ0v) is 13.3. The van der Waals surface area contributed by atoms with E-state index in [1.54, 1.807) is 0 Å². The quantitative estimate of drug-likeness (QED) is 0.333. The Labute approximate surface area is 118 Å². The summed E-state index contributed by atoms with van der Waals surface area (Å²) in [5.74, 6) is -0.402. The maximum atomic E-state index is 10.7. The molecule has 4 nitrogen and oxygen atoms in total. The highest BCUT2D eigenvalue weighted by atomic mass is 31.1. The van der Waals surface area contributed by atoms with E-state index in [1.165, 1.54) is 32.9 Å². The second-order valence-corrected chi connectivity index (χ2v) is 7.27. The lowest BCUT2D eigenvalue weighted by Crippen LogP contribution is -2.06. The molecule has 5 heteroatoms. The summed E-state index contributed by atoms with van der Waals surface area (Å²) in [5.41, 5.74) is 0.